The van der Waals surface area contributed by atoms with Gasteiger partial charge in [0.05, 0.1) is 31.8 Å². The van der Waals surface area contributed by atoms with Crippen LogP contribution in [0.4, 0.5) is 0 Å². The maximum Gasteiger partial charge on any atom is 0.165 e. The van der Waals surface area contributed by atoms with Crippen LogP contribution in [0.2, 0.25) is 0 Å². The molecule has 0 saturated heterocycles. The smallest absolute Gasteiger partial charge is 0.165 e. The van der Waals surface area contributed by atoms with Crippen molar-refractivity contribution in [2.24, 2.45) is 0 Å². The van der Waals surface area contributed by atoms with Crippen LogP contribution in [0, 0.1) is 0 Å². The molecular formula is C17H20BrCl2N3O2. The number of imidazole rings is 1. The van der Waals surface area contributed by atoms with Gasteiger partial charge in [0.25, 0.3) is 0 Å². The highest BCUT2D eigenvalue weighted by Crippen LogP contribution is 2.34. The van der Waals surface area contributed by atoms with Crippen molar-refractivity contribution in [3.63, 3.8) is 0 Å². The highest BCUT2D eigenvalue weighted by molar-refractivity contribution is 9.10. The first-order chi connectivity index (χ1) is 11.2. The number of fused-ring (bicyclic) bond motifs is 1. The van der Waals surface area contributed by atoms with Crippen molar-refractivity contribution >= 4 is 51.8 Å². The lowest BCUT2D eigenvalue weighted by Crippen LogP contribution is -2.14. The third-order valence-electron chi connectivity index (χ3n) is 3.57. The molecule has 1 heterocycles. The number of ether oxygens (including phenoxy) is 2. The molecule has 136 valence electrons. The summed E-state index contributed by atoms with van der Waals surface area (Å²) in [6.45, 7) is 1.29. The van der Waals surface area contributed by atoms with Crippen LogP contribution >= 0.6 is 40.7 Å². The van der Waals surface area contributed by atoms with Crippen LogP contribution in [0.1, 0.15) is 11.4 Å². The first kappa shape index (κ1) is 21.6. The summed E-state index contributed by atoms with van der Waals surface area (Å²) in [4.78, 5) is 7.86. The van der Waals surface area contributed by atoms with Crippen molar-refractivity contribution in [1.29, 1.82) is 0 Å². The van der Waals surface area contributed by atoms with E-state index in [1.165, 1.54) is 0 Å². The second-order valence-electron chi connectivity index (χ2n) is 5.10. The van der Waals surface area contributed by atoms with Gasteiger partial charge in [-0.05, 0) is 24.3 Å². The Bertz CT molecular complexity index is 794. The van der Waals surface area contributed by atoms with E-state index >= 15 is 0 Å². The third kappa shape index (κ3) is 5.01. The monoisotopic (exact) mass is 447 g/mol. The second-order valence-corrected chi connectivity index (χ2v) is 6.02. The van der Waals surface area contributed by atoms with E-state index < -0.39 is 0 Å². The van der Waals surface area contributed by atoms with Gasteiger partial charge in [-0.2, -0.15) is 0 Å². The number of para-hydroxylation sites is 2. The molecule has 0 aliphatic heterocycles. The number of nitrogens with zero attached hydrogens (tertiary/aromatic N) is 1. The number of hydrogen-bond donors (Lipinski definition) is 2. The van der Waals surface area contributed by atoms with E-state index in [4.69, 9.17) is 9.47 Å². The zero-order valence-corrected chi connectivity index (χ0v) is 17.1. The number of benzene rings is 2. The van der Waals surface area contributed by atoms with E-state index in [2.05, 4.69) is 31.2 Å². The minimum absolute atomic E-state index is 0. The van der Waals surface area contributed by atoms with Gasteiger partial charge in [-0.1, -0.05) is 28.1 Å². The molecule has 2 N–H and O–H groups in total. The Hall–Kier alpha value is -1.47. The van der Waals surface area contributed by atoms with E-state index in [0.29, 0.717) is 18.8 Å². The first-order valence-electron chi connectivity index (χ1n) is 7.26. The number of rotatable bonds is 6. The molecule has 3 rings (SSSR count). The number of aromatic nitrogens is 2. The second kappa shape index (κ2) is 9.87. The van der Waals surface area contributed by atoms with E-state index in [0.717, 1.165) is 32.6 Å². The summed E-state index contributed by atoms with van der Waals surface area (Å²) in [5.74, 6) is 2.36. The van der Waals surface area contributed by atoms with E-state index in [9.17, 15) is 0 Å². The topological polar surface area (TPSA) is 59.2 Å². The Morgan fingerprint density at radius 1 is 1.08 bits per heavy atom. The van der Waals surface area contributed by atoms with Crippen molar-refractivity contribution < 1.29 is 9.47 Å². The highest BCUT2D eigenvalue weighted by atomic mass is 79.9. The molecule has 0 radical (unpaired) electrons. The summed E-state index contributed by atoms with van der Waals surface area (Å²) < 4.78 is 11.8. The average Bonchev–Trinajstić information content (AvgIpc) is 2.97. The van der Waals surface area contributed by atoms with Gasteiger partial charge >= 0.3 is 0 Å². The van der Waals surface area contributed by atoms with E-state index in [1.54, 1.807) is 14.2 Å². The predicted molar refractivity (Wildman–Crippen MR) is 108 cm³/mol. The molecule has 0 unspecified atom stereocenters. The van der Waals surface area contributed by atoms with Crippen LogP contribution in [-0.4, -0.2) is 24.2 Å². The third-order valence-corrected chi connectivity index (χ3v) is 4.02. The average molecular weight is 449 g/mol. The standard InChI is InChI=1S/C17H18BrN3O2.2ClH/c1-22-15-8-12(18)7-11(17(15)23-2)9-19-10-16-20-13-5-3-4-6-14(13)21-16;;/h3-8,19H,9-10H2,1-2H3,(H,20,21);2*1H. The maximum absolute atomic E-state index is 5.46. The van der Waals surface area contributed by atoms with Crippen LogP contribution in [0.15, 0.2) is 40.9 Å². The number of aromatic amines is 1. The normalized spacial score (nSPS) is 10.0. The summed E-state index contributed by atoms with van der Waals surface area (Å²) >= 11 is 3.50. The molecule has 5 nitrogen and oxygen atoms in total. The molecule has 8 heteroatoms. The van der Waals surface area contributed by atoms with Gasteiger partial charge in [0, 0.05) is 16.6 Å². The highest BCUT2D eigenvalue weighted by Gasteiger charge is 2.11. The number of halogens is 3. The molecule has 25 heavy (non-hydrogen) atoms. The van der Waals surface area contributed by atoms with Crippen LogP contribution in [0.5, 0.6) is 11.5 Å². The lowest BCUT2D eigenvalue weighted by atomic mass is 10.2. The minimum atomic E-state index is 0. The Morgan fingerprint density at radius 3 is 2.52 bits per heavy atom. The number of methoxy groups -OCH3 is 2. The molecule has 3 aromatic rings. The Labute approximate surface area is 167 Å². The molecule has 0 atom stereocenters. The summed E-state index contributed by atoms with van der Waals surface area (Å²) in [5, 5.41) is 3.38. The van der Waals surface area contributed by atoms with Crippen LogP contribution in [0.25, 0.3) is 11.0 Å². The zero-order valence-electron chi connectivity index (χ0n) is 13.8. The quantitative estimate of drug-likeness (QED) is 0.583. The molecule has 0 saturated carbocycles. The molecule has 0 fully saturated rings. The molecule has 1 aromatic heterocycles. The lowest BCUT2D eigenvalue weighted by Gasteiger charge is -2.13. The van der Waals surface area contributed by atoms with Crippen molar-refractivity contribution in [1.82, 2.24) is 15.3 Å². The fourth-order valence-corrected chi connectivity index (χ4v) is 3.03. The molecule has 0 aliphatic carbocycles. The van der Waals surface area contributed by atoms with Crippen LogP contribution in [-0.2, 0) is 13.1 Å². The molecule has 0 aliphatic rings. The molecule has 0 bridgehead atoms. The largest absolute Gasteiger partial charge is 0.493 e. The van der Waals surface area contributed by atoms with Gasteiger partial charge in [-0.15, -0.1) is 24.8 Å². The van der Waals surface area contributed by atoms with Gasteiger partial charge in [-0.25, -0.2) is 4.98 Å². The molecular weight excluding hydrogens is 429 g/mol. The summed E-state index contributed by atoms with van der Waals surface area (Å²) in [6, 6.07) is 11.9. The SMILES string of the molecule is COc1cc(Br)cc(CNCc2nc3ccccc3[nH]2)c1OC.Cl.Cl. The van der Waals surface area contributed by atoms with Crippen LogP contribution in [0.3, 0.4) is 0 Å². The van der Waals surface area contributed by atoms with Gasteiger partial charge in [0.15, 0.2) is 11.5 Å². The van der Waals surface area contributed by atoms with Crippen LogP contribution < -0.4 is 14.8 Å². The predicted octanol–water partition coefficient (Wildman–Crippen LogP) is 4.48. The molecule has 0 amide bonds. The maximum atomic E-state index is 5.46. The summed E-state index contributed by atoms with van der Waals surface area (Å²) in [7, 11) is 3.28. The van der Waals surface area contributed by atoms with Gasteiger partial charge in [-0.3, -0.25) is 0 Å². The summed E-state index contributed by atoms with van der Waals surface area (Å²) in [5.41, 5.74) is 3.05. The number of H-pyrrole nitrogens is 1. The van der Waals surface area contributed by atoms with Gasteiger partial charge in [0.2, 0.25) is 0 Å². The van der Waals surface area contributed by atoms with Crippen molar-refractivity contribution in [2.45, 2.75) is 13.1 Å². The fraction of sp³-hybridized carbons (Fsp3) is 0.235. The van der Waals surface area contributed by atoms with E-state index in [-0.39, 0.29) is 24.8 Å². The van der Waals surface area contributed by atoms with Crippen molar-refractivity contribution in [3.05, 3.63) is 52.3 Å². The minimum Gasteiger partial charge on any atom is -0.493 e. The number of nitrogens with one attached hydrogen (secondary N) is 2. The Morgan fingerprint density at radius 2 is 1.84 bits per heavy atom. The van der Waals surface area contributed by atoms with Crippen molar-refractivity contribution in [2.75, 3.05) is 14.2 Å². The summed E-state index contributed by atoms with van der Waals surface area (Å²) in [6.07, 6.45) is 0. The Balaban J connectivity index is 0.00000156. The first-order valence-corrected chi connectivity index (χ1v) is 8.05. The van der Waals surface area contributed by atoms with Gasteiger partial charge < -0.3 is 19.8 Å². The molecule has 2 aromatic carbocycles. The van der Waals surface area contributed by atoms with Gasteiger partial charge in [0.1, 0.15) is 5.82 Å². The Kier molecular flexibility index (Phi) is 8.52. The molecule has 0 spiro atoms. The van der Waals surface area contributed by atoms with Crippen molar-refractivity contribution in [3.8, 4) is 11.5 Å². The number of hydrogen-bond acceptors (Lipinski definition) is 4. The fourth-order valence-electron chi connectivity index (χ4n) is 2.54. The zero-order chi connectivity index (χ0) is 16.2. The van der Waals surface area contributed by atoms with E-state index in [1.807, 2.05) is 36.4 Å². The lowest BCUT2D eigenvalue weighted by molar-refractivity contribution is 0.350.